The van der Waals surface area contributed by atoms with E-state index in [1.807, 2.05) is 24.3 Å². The maximum atomic E-state index is 12.6. The van der Waals surface area contributed by atoms with Crippen molar-refractivity contribution in [2.24, 2.45) is 0 Å². The first-order valence-electron chi connectivity index (χ1n) is 8.96. The average molecular weight is 425 g/mol. The largest absolute Gasteiger partial charge is 0.321 e. The van der Waals surface area contributed by atoms with Gasteiger partial charge in [0.15, 0.2) is 0 Å². The molecule has 0 aliphatic rings. The van der Waals surface area contributed by atoms with Crippen LogP contribution >= 0.6 is 23.2 Å². The van der Waals surface area contributed by atoms with Crippen LogP contribution in [0.5, 0.6) is 0 Å². The molecule has 7 heteroatoms. The highest BCUT2D eigenvalue weighted by atomic mass is 35.5. The average Bonchev–Trinajstić information content (AvgIpc) is 3.00. The normalized spacial score (nSPS) is 11.2. The second kappa shape index (κ2) is 8.95. The summed E-state index contributed by atoms with van der Waals surface area (Å²) >= 11 is 12.5. The molecule has 3 aromatic rings. The summed E-state index contributed by atoms with van der Waals surface area (Å²) in [5, 5.41) is 17.5. The van der Waals surface area contributed by atoms with E-state index in [2.05, 4.69) is 17.3 Å². The van der Waals surface area contributed by atoms with E-state index in [1.54, 1.807) is 37.3 Å². The molecule has 0 fully saturated rings. The van der Waals surface area contributed by atoms with Crippen molar-refractivity contribution in [3.63, 3.8) is 0 Å². The fourth-order valence-corrected chi connectivity index (χ4v) is 3.28. The number of hydrogen-bond acceptors (Lipinski definition) is 3. The maximum absolute atomic E-state index is 12.6. The van der Waals surface area contributed by atoms with E-state index in [1.165, 1.54) is 10.8 Å². The molecular formula is C22H18Cl2N4O. The van der Waals surface area contributed by atoms with Crippen molar-refractivity contribution in [2.75, 3.05) is 5.32 Å². The van der Waals surface area contributed by atoms with Crippen LogP contribution in [0.25, 0.3) is 11.8 Å². The van der Waals surface area contributed by atoms with Gasteiger partial charge in [-0.15, -0.1) is 0 Å². The minimum Gasteiger partial charge on any atom is -0.321 e. The quantitative estimate of drug-likeness (QED) is 0.428. The van der Waals surface area contributed by atoms with Crippen LogP contribution in [0, 0.1) is 18.3 Å². The van der Waals surface area contributed by atoms with Crippen LogP contribution in [-0.2, 0) is 11.2 Å². The predicted molar refractivity (Wildman–Crippen MR) is 116 cm³/mol. The van der Waals surface area contributed by atoms with Crippen LogP contribution < -0.4 is 5.32 Å². The molecule has 0 spiro atoms. The van der Waals surface area contributed by atoms with Gasteiger partial charge in [-0.05, 0) is 55.3 Å². The van der Waals surface area contributed by atoms with E-state index in [-0.39, 0.29) is 10.7 Å². The molecule has 1 aromatic heterocycles. The van der Waals surface area contributed by atoms with Gasteiger partial charge in [-0.25, -0.2) is 4.68 Å². The fraction of sp³-hybridized carbons (Fsp3) is 0.136. The number of hydrogen-bond donors (Lipinski definition) is 1. The zero-order chi connectivity index (χ0) is 21.0. The summed E-state index contributed by atoms with van der Waals surface area (Å²) in [4.78, 5) is 12.6. The molecule has 0 aliphatic heterocycles. The molecule has 0 aliphatic carbocycles. The number of benzene rings is 2. The molecule has 1 N–H and O–H groups in total. The number of anilines is 1. The van der Waals surface area contributed by atoms with Crippen LogP contribution in [0.15, 0.2) is 54.1 Å². The van der Waals surface area contributed by atoms with Crippen molar-refractivity contribution in [1.82, 2.24) is 9.78 Å². The molecule has 1 amide bonds. The molecule has 0 bridgehead atoms. The Morgan fingerprint density at radius 1 is 1.24 bits per heavy atom. The number of nitrogens with one attached hydrogen (secondary N) is 1. The minimum atomic E-state index is -0.511. The second-order valence-corrected chi connectivity index (χ2v) is 7.15. The molecule has 29 heavy (non-hydrogen) atoms. The number of nitriles is 1. The number of halogens is 2. The van der Waals surface area contributed by atoms with E-state index >= 15 is 0 Å². The zero-order valence-corrected chi connectivity index (χ0v) is 17.4. The molecule has 0 unspecified atom stereocenters. The van der Waals surface area contributed by atoms with E-state index in [0.717, 1.165) is 12.0 Å². The van der Waals surface area contributed by atoms with Crippen molar-refractivity contribution in [1.29, 1.82) is 5.26 Å². The van der Waals surface area contributed by atoms with Crippen LogP contribution in [0.3, 0.4) is 0 Å². The molecule has 1 heterocycles. The second-order valence-electron chi connectivity index (χ2n) is 6.36. The topological polar surface area (TPSA) is 70.7 Å². The van der Waals surface area contributed by atoms with Crippen LogP contribution in [0.4, 0.5) is 5.69 Å². The van der Waals surface area contributed by atoms with Gasteiger partial charge in [-0.1, -0.05) is 48.3 Å². The monoisotopic (exact) mass is 424 g/mol. The molecule has 0 saturated carbocycles. The van der Waals surface area contributed by atoms with E-state index in [4.69, 9.17) is 23.2 Å². The summed E-state index contributed by atoms with van der Waals surface area (Å²) in [5.41, 5.74) is 3.48. The third kappa shape index (κ3) is 4.68. The molecule has 2 aromatic carbocycles. The Morgan fingerprint density at radius 3 is 2.59 bits per heavy atom. The van der Waals surface area contributed by atoms with E-state index < -0.39 is 5.91 Å². The molecule has 0 atom stereocenters. The lowest BCUT2D eigenvalue weighted by atomic mass is 10.1. The molecule has 5 nitrogen and oxygen atoms in total. The number of aryl methyl sites for hydroxylation is 2. The molecule has 0 radical (unpaired) electrons. The van der Waals surface area contributed by atoms with Gasteiger partial charge < -0.3 is 5.32 Å². The van der Waals surface area contributed by atoms with Crippen LogP contribution in [0.1, 0.15) is 23.7 Å². The number of amides is 1. The third-order valence-electron chi connectivity index (χ3n) is 4.37. The van der Waals surface area contributed by atoms with Crippen molar-refractivity contribution in [3.8, 4) is 11.8 Å². The van der Waals surface area contributed by atoms with Crippen molar-refractivity contribution < 1.29 is 4.79 Å². The summed E-state index contributed by atoms with van der Waals surface area (Å²) < 4.78 is 1.52. The van der Waals surface area contributed by atoms with E-state index in [9.17, 15) is 10.1 Å². The summed E-state index contributed by atoms with van der Waals surface area (Å²) in [6.07, 6.45) is 2.35. The number of nitrogens with zero attached hydrogens (tertiary/aromatic N) is 3. The van der Waals surface area contributed by atoms with Crippen LogP contribution in [0.2, 0.25) is 10.2 Å². The number of aromatic nitrogens is 2. The smallest absolute Gasteiger partial charge is 0.266 e. The SMILES string of the molecule is CCc1ccc(NC(=O)C(C#N)=Cc2c(C)nn(-c3cccc(Cl)c3)c2Cl)cc1. The minimum absolute atomic E-state index is 0.0692. The highest BCUT2D eigenvalue weighted by molar-refractivity contribution is 6.32. The predicted octanol–water partition coefficient (Wildman–Crippen LogP) is 5.60. The number of rotatable bonds is 5. The Morgan fingerprint density at radius 2 is 1.97 bits per heavy atom. The highest BCUT2D eigenvalue weighted by Crippen LogP contribution is 2.27. The van der Waals surface area contributed by atoms with Gasteiger partial charge in [-0.3, -0.25) is 4.79 Å². The Kier molecular flexibility index (Phi) is 6.38. The molecule has 3 rings (SSSR count). The lowest BCUT2D eigenvalue weighted by molar-refractivity contribution is -0.112. The molecule has 146 valence electrons. The summed E-state index contributed by atoms with van der Waals surface area (Å²) in [5.74, 6) is -0.511. The van der Waals surface area contributed by atoms with Gasteiger partial charge in [0.25, 0.3) is 5.91 Å². The Balaban J connectivity index is 1.90. The fourth-order valence-electron chi connectivity index (χ4n) is 2.77. The Bertz CT molecular complexity index is 1120. The van der Waals surface area contributed by atoms with Gasteiger partial charge in [0.05, 0.1) is 11.4 Å². The van der Waals surface area contributed by atoms with Gasteiger partial charge in [0.2, 0.25) is 0 Å². The third-order valence-corrected chi connectivity index (χ3v) is 4.97. The zero-order valence-electron chi connectivity index (χ0n) is 15.9. The summed E-state index contributed by atoms with van der Waals surface area (Å²) in [6.45, 7) is 3.81. The van der Waals surface area contributed by atoms with Gasteiger partial charge in [0.1, 0.15) is 16.8 Å². The first-order valence-corrected chi connectivity index (χ1v) is 9.71. The van der Waals surface area contributed by atoms with Gasteiger partial charge >= 0.3 is 0 Å². The summed E-state index contributed by atoms with van der Waals surface area (Å²) in [7, 11) is 0. The van der Waals surface area contributed by atoms with Crippen molar-refractivity contribution in [3.05, 3.63) is 81.1 Å². The van der Waals surface area contributed by atoms with Gasteiger partial charge in [-0.2, -0.15) is 10.4 Å². The van der Waals surface area contributed by atoms with Crippen molar-refractivity contribution in [2.45, 2.75) is 20.3 Å². The highest BCUT2D eigenvalue weighted by Gasteiger charge is 2.17. The first-order chi connectivity index (χ1) is 13.9. The molecule has 0 saturated heterocycles. The first kappa shape index (κ1) is 20.7. The molecular weight excluding hydrogens is 407 g/mol. The Hall–Kier alpha value is -3.07. The van der Waals surface area contributed by atoms with Crippen LogP contribution in [-0.4, -0.2) is 15.7 Å². The maximum Gasteiger partial charge on any atom is 0.266 e. The summed E-state index contributed by atoms with van der Waals surface area (Å²) in [6, 6.07) is 16.5. The lowest BCUT2D eigenvalue weighted by Gasteiger charge is -2.05. The lowest BCUT2D eigenvalue weighted by Crippen LogP contribution is -2.13. The van der Waals surface area contributed by atoms with E-state index in [0.29, 0.717) is 27.7 Å². The van der Waals surface area contributed by atoms with Crippen molar-refractivity contribution >= 4 is 40.9 Å². The number of carbonyl (C=O) groups is 1. The Labute approximate surface area is 179 Å². The number of carbonyl (C=O) groups excluding carboxylic acids is 1. The van der Waals surface area contributed by atoms with Gasteiger partial charge in [0, 0.05) is 16.3 Å². The standard InChI is InChI=1S/C22H18Cl2N4O/c1-3-15-7-9-18(10-8-15)26-22(29)16(13-25)11-20-14(2)27-28(21(20)24)19-6-4-5-17(23)12-19/h4-12H,3H2,1-2H3,(H,26,29).